The van der Waals surface area contributed by atoms with Crippen molar-refractivity contribution in [2.45, 2.75) is 6.92 Å². The van der Waals surface area contributed by atoms with Crippen molar-refractivity contribution in [3.63, 3.8) is 0 Å². The van der Waals surface area contributed by atoms with Gasteiger partial charge in [-0.05, 0) is 42.3 Å². The van der Waals surface area contributed by atoms with Gasteiger partial charge in [0.1, 0.15) is 11.1 Å². The summed E-state index contributed by atoms with van der Waals surface area (Å²) in [5.41, 5.74) is 1.53. The first-order valence-corrected chi connectivity index (χ1v) is 6.61. The molecule has 0 saturated carbocycles. The van der Waals surface area contributed by atoms with E-state index in [2.05, 4.69) is 36.1 Å². The van der Waals surface area contributed by atoms with Crippen LogP contribution in [0.25, 0.3) is 11.0 Å². The first kappa shape index (κ1) is 12.4. The van der Waals surface area contributed by atoms with E-state index in [-0.39, 0.29) is 5.28 Å². The molecule has 19 heavy (non-hydrogen) atoms. The maximum atomic E-state index is 5.85. The Balaban J connectivity index is 2.07. The van der Waals surface area contributed by atoms with E-state index in [1.165, 1.54) is 0 Å². The summed E-state index contributed by atoms with van der Waals surface area (Å²) in [4.78, 5) is 8.12. The molecule has 0 fully saturated rings. The number of nitrogens with one attached hydrogen (secondary N) is 1. The molecule has 3 rings (SSSR count). The molecule has 0 atom stereocenters. The van der Waals surface area contributed by atoms with Crippen molar-refractivity contribution in [2.24, 2.45) is 0 Å². The van der Waals surface area contributed by atoms with Crippen molar-refractivity contribution in [1.82, 2.24) is 20.2 Å². The fraction of sp³-hybridized carbons (Fsp3) is 0.0833. The van der Waals surface area contributed by atoms with Crippen molar-refractivity contribution in [2.75, 3.05) is 0 Å². The number of H-pyrrole nitrogens is 1. The number of aromatic amines is 1. The molecule has 7 heteroatoms. The number of aromatic nitrogens is 4. The number of rotatable bonds is 2. The number of fused-ring (bicyclic) bond motifs is 1. The summed E-state index contributed by atoms with van der Waals surface area (Å²) in [5, 5.41) is 7.44. The van der Waals surface area contributed by atoms with Gasteiger partial charge in [-0.15, -0.1) is 0 Å². The topological polar surface area (TPSA) is 63.7 Å². The van der Waals surface area contributed by atoms with Gasteiger partial charge in [0.2, 0.25) is 11.2 Å². The van der Waals surface area contributed by atoms with E-state index in [0.29, 0.717) is 22.7 Å². The lowest BCUT2D eigenvalue weighted by atomic mass is 10.2. The number of hydrogen-bond acceptors (Lipinski definition) is 4. The highest BCUT2D eigenvalue weighted by Gasteiger charge is 2.11. The van der Waals surface area contributed by atoms with Crippen LogP contribution in [0, 0.1) is 6.92 Å². The standard InChI is InChI=1S/C12H8BrClN4O/c1-6-4-7(13)2-3-9(6)19-11-8-5-15-18-10(8)16-12(14)17-11/h2-5H,1H3,(H,15,16,17,18). The second kappa shape index (κ2) is 4.79. The SMILES string of the molecule is Cc1cc(Br)ccc1Oc1nc(Cl)nc2[nH]ncc12. The third-order valence-electron chi connectivity index (χ3n) is 2.59. The molecule has 0 unspecified atom stereocenters. The summed E-state index contributed by atoms with van der Waals surface area (Å²) in [5.74, 6) is 1.09. The minimum absolute atomic E-state index is 0.113. The zero-order valence-electron chi connectivity index (χ0n) is 9.82. The summed E-state index contributed by atoms with van der Waals surface area (Å²) >= 11 is 9.26. The van der Waals surface area contributed by atoms with Crippen LogP contribution in [-0.4, -0.2) is 20.2 Å². The van der Waals surface area contributed by atoms with Gasteiger partial charge in [-0.25, -0.2) is 0 Å². The Morgan fingerprint density at radius 2 is 2.16 bits per heavy atom. The van der Waals surface area contributed by atoms with Crippen LogP contribution in [0.3, 0.4) is 0 Å². The molecule has 0 radical (unpaired) electrons. The van der Waals surface area contributed by atoms with E-state index in [1.54, 1.807) is 6.20 Å². The maximum Gasteiger partial charge on any atom is 0.234 e. The average molecular weight is 340 g/mol. The summed E-state index contributed by atoms with van der Waals surface area (Å²) in [6.07, 6.45) is 1.61. The van der Waals surface area contributed by atoms with Gasteiger partial charge in [-0.3, -0.25) is 5.10 Å². The Morgan fingerprint density at radius 3 is 2.95 bits per heavy atom. The zero-order valence-corrected chi connectivity index (χ0v) is 12.2. The largest absolute Gasteiger partial charge is 0.438 e. The van der Waals surface area contributed by atoms with Gasteiger partial charge in [0, 0.05) is 4.47 Å². The predicted octanol–water partition coefficient (Wildman–Crippen LogP) is 3.87. The zero-order chi connectivity index (χ0) is 13.4. The van der Waals surface area contributed by atoms with Crippen molar-refractivity contribution in [3.8, 4) is 11.6 Å². The van der Waals surface area contributed by atoms with Gasteiger partial charge in [0.15, 0.2) is 5.65 Å². The van der Waals surface area contributed by atoms with Crippen LogP contribution in [0.1, 0.15) is 5.56 Å². The third-order valence-corrected chi connectivity index (χ3v) is 3.25. The molecule has 3 aromatic rings. The summed E-state index contributed by atoms with van der Waals surface area (Å²) in [6, 6.07) is 5.73. The van der Waals surface area contributed by atoms with E-state index in [0.717, 1.165) is 10.0 Å². The van der Waals surface area contributed by atoms with Gasteiger partial charge in [-0.1, -0.05) is 15.9 Å². The highest BCUT2D eigenvalue weighted by Crippen LogP contribution is 2.30. The minimum Gasteiger partial charge on any atom is -0.438 e. The molecule has 96 valence electrons. The molecule has 0 amide bonds. The third kappa shape index (κ3) is 2.41. The Labute approximate surface area is 122 Å². The predicted molar refractivity (Wildman–Crippen MR) is 75.6 cm³/mol. The van der Waals surface area contributed by atoms with Gasteiger partial charge in [0.25, 0.3) is 0 Å². The lowest BCUT2D eigenvalue weighted by Gasteiger charge is -2.08. The maximum absolute atomic E-state index is 5.85. The van der Waals surface area contributed by atoms with Crippen molar-refractivity contribution >= 4 is 38.6 Å². The summed E-state index contributed by atoms with van der Waals surface area (Å²) in [6.45, 7) is 1.95. The monoisotopic (exact) mass is 338 g/mol. The van der Waals surface area contributed by atoms with Crippen LogP contribution >= 0.6 is 27.5 Å². The Kier molecular flexibility index (Phi) is 3.12. The Morgan fingerprint density at radius 1 is 1.32 bits per heavy atom. The van der Waals surface area contributed by atoms with E-state index in [1.807, 2.05) is 25.1 Å². The van der Waals surface area contributed by atoms with E-state index >= 15 is 0 Å². The molecular formula is C12H8BrClN4O. The molecule has 2 heterocycles. The molecule has 2 aromatic heterocycles. The van der Waals surface area contributed by atoms with Crippen molar-refractivity contribution in [3.05, 3.63) is 39.7 Å². The highest BCUT2D eigenvalue weighted by atomic mass is 79.9. The van der Waals surface area contributed by atoms with Crippen LogP contribution in [0.15, 0.2) is 28.9 Å². The summed E-state index contributed by atoms with van der Waals surface area (Å²) in [7, 11) is 0. The smallest absolute Gasteiger partial charge is 0.234 e. The molecule has 0 spiro atoms. The number of nitrogens with zero attached hydrogens (tertiary/aromatic N) is 3. The molecule has 0 aliphatic carbocycles. The first-order valence-electron chi connectivity index (χ1n) is 5.44. The van der Waals surface area contributed by atoms with Crippen molar-refractivity contribution < 1.29 is 4.74 Å². The lowest BCUT2D eigenvalue weighted by Crippen LogP contribution is -1.93. The molecule has 5 nitrogen and oxygen atoms in total. The molecule has 1 aromatic carbocycles. The number of benzene rings is 1. The fourth-order valence-electron chi connectivity index (χ4n) is 1.69. The van der Waals surface area contributed by atoms with Crippen LogP contribution in [0.4, 0.5) is 0 Å². The highest BCUT2D eigenvalue weighted by molar-refractivity contribution is 9.10. The Bertz CT molecular complexity index is 759. The van der Waals surface area contributed by atoms with Crippen LogP contribution in [0.5, 0.6) is 11.6 Å². The molecule has 0 aliphatic rings. The number of ether oxygens (including phenoxy) is 1. The van der Waals surface area contributed by atoms with Crippen LogP contribution in [0.2, 0.25) is 5.28 Å². The van der Waals surface area contributed by atoms with E-state index < -0.39 is 0 Å². The summed E-state index contributed by atoms with van der Waals surface area (Å²) < 4.78 is 6.79. The van der Waals surface area contributed by atoms with Gasteiger partial charge in [-0.2, -0.15) is 15.1 Å². The Hall–Kier alpha value is -1.66. The first-order chi connectivity index (χ1) is 9.13. The van der Waals surface area contributed by atoms with Gasteiger partial charge in [0.05, 0.1) is 6.20 Å². The molecule has 0 saturated heterocycles. The molecular weight excluding hydrogens is 332 g/mol. The average Bonchev–Trinajstić information content (AvgIpc) is 2.80. The number of hydrogen-bond donors (Lipinski definition) is 1. The minimum atomic E-state index is 0.113. The van der Waals surface area contributed by atoms with Gasteiger partial charge < -0.3 is 4.74 Å². The van der Waals surface area contributed by atoms with Crippen molar-refractivity contribution in [1.29, 1.82) is 0 Å². The van der Waals surface area contributed by atoms with Crippen LogP contribution < -0.4 is 4.74 Å². The van der Waals surface area contributed by atoms with Gasteiger partial charge >= 0.3 is 0 Å². The lowest BCUT2D eigenvalue weighted by molar-refractivity contribution is 0.464. The normalized spacial score (nSPS) is 10.9. The molecule has 0 bridgehead atoms. The second-order valence-electron chi connectivity index (χ2n) is 3.94. The molecule has 1 N–H and O–H groups in total. The molecule has 0 aliphatic heterocycles. The fourth-order valence-corrected chi connectivity index (χ4v) is 2.33. The van der Waals surface area contributed by atoms with Crippen LogP contribution in [-0.2, 0) is 0 Å². The second-order valence-corrected chi connectivity index (χ2v) is 5.20. The number of halogens is 2. The number of aryl methyl sites for hydroxylation is 1. The quantitative estimate of drug-likeness (QED) is 0.720. The van der Waals surface area contributed by atoms with E-state index in [9.17, 15) is 0 Å². The van der Waals surface area contributed by atoms with E-state index in [4.69, 9.17) is 16.3 Å².